The van der Waals surface area contributed by atoms with Crippen LogP contribution < -0.4 is 10.3 Å². The number of nitrogens with zero attached hydrogens (tertiary/aromatic N) is 1. The summed E-state index contributed by atoms with van der Waals surface area (Å²) in [6.45, 7) is 2.08. The molecule has 1 aliphatic heterocycles. The molecule has 6 heteroatoms. The number of benzene rings is 3. The second kappa shape index (κ2) is 7.56. The molecular weight excluding hydrogens is 433 g/mol. The predicted octanol–water partition coefficient (Wildman–Crippen LogP) is 6.41. The van der Waals surface area contributed by atoms with Crippen molar-refractivity contribution in [2.24, 2.45) is 0 Å². The van der Waals surface area contributed by atoms with E-state index in [-0.39, 0.29) is 17.1 Å². The third-order valence-corrected chi connectivity index (χ3v) is 6.09. The van der Waals surface area contributed by atoms with Crippen molar-refractivity contribution in [3.05, 3.63) is 109 Å². The molecule has 31 heavy (non-hydrogen) atoms. The van der Waals surface area contributed by atoms with Gasteiger partial charge in [-0.25, -0.2) is 0 Å². The number of rotatable bonds is 3. The quantitative estimate of drug-likeness (QED) is 0.362. The molecule has 4 aromatic rings. The zero-order valence-electron chi connectivity index (χ0n) is 16.6. The summed E-state index contributed by atoms with van der Waals surface area (Å²) < 4.78 is 5.95. The summed E-state index contributed by atoms with van der Waals surface area (Å²) in [6.07, 6.45) is 0.893. The van der Waals surface area contributed by atoms with Gasteiger partial charge in [0.1, 0.15) is 5.58 Å². The Hall–Kier alpha value is -3.08. The number of carbonyl (C=O) groups excluding carboxylic acids is 1. The maximum Gasteiger partial charge on any atom is 0.295 e. The monoisotopic (exact) mass is 449 g/mol. The van der Waals surface area contributed by atoms with Crippen LogP contribution in [0.2, 0.25) is 10.0 Å². The van der Waals surface area contributed by atoms with Crippen LogP contribution in [-0.4, -0.2) is 5.91 Å². The highest BCUT2D eigenvalue weighted by Gasteiger charge is 2.43. The molecule has 154 valence electrons. The van der Waals surface area contributed by atoms with Crippen LogP contribution in [-0.2, 0) is 6.42 Å². The van der Waals surface area contributed by atoms with E-state index in [4.69, 9.17) is 27.6 Å². The van der Waals surface area contributed by atoms with Gasteiger partial charge in [-0.3, -0.25) is 14.5 Å². The fourth-order valence-corrected chi connectivity index (χ4v) is 4.45. The lowest BCUT2D eigenvalue weighted by molar-refractivity contribution is 0.0971. The van der Waals surface area contributed by atoms with Crippen molar-refractivity contribution in [2.45, 2.75) is 19.4 Å². The van der Waals surface area contributed by atoms with Crippen molar-refractivity contribution in [3.8, 4) is 0 Å². The molecule has 4 nitrogen and oxygen atoms in total. The molecule has 0 N–H and O–H groups in total. The van der Waals surface area contributed by atoms with Crippen LogP contribution in [0.15, 0.2) is 75.9 Å². The molecule has 0 spiro atoms. The van der Waals surface area contributed by atoms with E-state index in [1.165, 1.54) is 5.56 Å². The number of amides is 1. The van der Waals surface area contributed by atoms with E-state index in [9.17, 15) is 9.59 Å². The molecule has 1 aromatic heterocycles. The Morgan fingerprint density at radius 1 is 0.935 bits per heavy atom. The minimum absolute atomic E-state index is 0.0457. The number of halogens is 2. The molecule has 0 radical (unpaired) electrons. The van der Waals surface area contributed by atoms with E-state index in [2.05, 4.69) is 6.92 Å². The Bertz CT molecular complexity index is 1390. The number of carbonyl (C=O) groups is 1. The molecule has 0 aliphatic carbocycles. The predicted molar refractivity (Wildman–Crippen MR) is 123 cm³/mol. The maximum atomic E-state index is 13.5. The lowest BCUT2D eigenvalue weighted by Gasteiger charge is -2.25. The molecule has 0 fully saturated rings. The molecule has 3 aromatic carbocycles. The first kappa shape index (κ1) is 19.9. The third-order valence-electron chi connectivity index (χ3n) is 5.62. The first-order valence-electron chi connectivity index (χ1n) is 9.92. The Morgan fingerprint density at radius 2 is 1.68 bits per heavy atom. The van der Waals surface area contributed by atoms with Crippen LogP contribution >= 0.6 is 23.2 Å². The highest BCUT2D eigenvalue weighted by molar-refractivity contribution is 6.31. The van der Waals surface area contributed by atoms with Crippen LogP contribution in [0.25, 0.3) is 11.0 Å². The minimum Gasteiger partial charge on any atom is -0.450 e. The van der Waals surface area contributed by atoms with Crippen LogP contribution in [0.5, 0.6) is 0 Å². The lowest BCUT2D eigenvalue weighted by atomic mass is 9.97. The molecule has 1 unspecified atom stereocenters. The number of fused-ring (bicyclic) bond motifs is 2. The third kappa shape index (κ3) is 3.23. The molecule has 5 rings (SSSR count). The molecule has 1 aliphatic rings. The van der Waals surface area contributed by atoms with Gasteiger partial charge in [0, 0.05) is 15.7 Å². The van der Waals surface area contributed by atoms with Gasteiger partial charge in [-0.15, -0.1) is 0 Å². The number of hydrogen-bond acceptors (Lipinski definition) is 3. The topological polar surface area (TPSA) is 50.5 Å². The summed E-state index contributed by atoms with van der Waals surface area (Å²) in [5.74, 6) is -0.333. The van der Waals surface area contributed by atoms with E-state index in [1.54, 1.807) is 47.4 Å². The molecule has 1 atom stereocenters. The van der Waals surface area contributed by atoms with E-state index in [0.29, 0.717) is 32.3 Å². The number of hydrogen-bond donors (Lipinski definition) is 0. The summed E-state index contributed by atoms with van der Waals surface area (Å²) in [7, 11) is 0. The maximum absolute atomic E-state index is 13.5. The Labute approximate surface area is 188 Å². The summed E-state index contributed by atoms with van der Waals surface area (Å²) in [4.78, 5) is 28.6. The first-order chi connectivity index (χ1) is 15.0. The van der Waals surface area contributed by atoms with E-state index < -0.39 is 6.04 Å². The van der Waals surface area contributed by atoms with Crippen LogP contribution in [0.3, 0.4) is 0 Å². The average molecular weight is 450 g/mol. The van der Waals surface area contributed by atoms with E-state index in [0.717, 1.165) is 12.0 Å². The van der Waals surface area contributed by atoms with Crippen molar-refractivity contribution < 1.29 is 9.21 Å². The molecule has 0 saturated carbocycles. The van der Waals surface area contributed by atoms with E-state index >= 15 is 0 Å². The second-order valence-electron chi connectivity index (χ2n) is 7.47. The first-order valence-corrected chi connectivity index (χ1v) is 10.7. The summed E-state index contributed by atoms with van der Waals surface area (Å²) in [5.41, 5.74) is 2.95. The van der Waals surface area contributed by atoms with Gasteiger partial charge in [0.15, 0.2) is 5.43 Å². The van der Waals surface area contributed by atoms with Crippen molar-refractivity contribution in [3.63, 3.8) is 0 Å². The lowest BCUT2D eigenvalue weighted by Crippen LogP contribution is -2.29. The van der Waals surface area contributed by atoms with Crippen molar-refractivity contribution in [1.29, 1.82) is 0 Å². The van der Waals surface area contributed by atoms with Gasteiger partial charge in [0.05, 0.1) is 17.0 Å². The minimum atomic E-state index is -0.633. The smallest absolute Gasteiger partial charge is 0.295 e. The molecule has 0 saturated heterocycles. The van der Waals surface area contributed by atoms with Crippen molar-refractivity contribution >= 4 is 45.8 Å². The zero-order valence-corrected chi connectivity index (χ0v) is 18.1. The average Bonchev–Trinajstić information content (AvgIpc) is 3.07. The number of aryl methyl sites for hydroxylation is 1. The second-order valence-corrected chi connectivity index (χ2v) is 8.34. The van der Waals surface area contributed by atoms with Gasteiger partial charge in [-0.2, -0.15) is 0 Å². The Balaban J connectivity index is 1.80. The molecular formula is C25H17Cl2NO3. The molecule has 0 bridgehead atoms. The normalized spacial score (nSPS) is 15.5. The van der Waals surface area contributed by atoms with Gasteiger partial charge in [0.25, 0.3) is 5.91 Å². The Morgan fingerprint density at radius 3 is 2.39 bits per heavy atom. The highest BCUT2D eigenvalue weighted by Crippen LogP contribution is 2.41. The fraction of sp³-hybridized carbons (Fsp3) is 0.120. The van der Waals surface area contributed by atoms with Gasteiger partial charge >= 0.3 is 0 Å². The van der Waals surface area contributed by atoms with E-state index in [1.807, 2.05) is 24.3 Å². The largest absolute Gasteiger partial charge is 0.450 e. The number of anilines is 1. The fourth-order valence-electron chi connectivity index (χ4n) is 4.09. The molecule has 1 amide bonds. The standard InChI is InChI=1S/C25H17Cl2NO3/c1-2-14-6-8-15(9-7-14)22-21-23(29)19-13-17(27)10-11-20(19)31-24(21)25(30)28(22)18-5-3-4-16(26)12-18/h3-13,22H,2H2,1H3. The van der Waals surface area contributed by atoms with Crippen molar-refractivity contribution in [2.75, 3.05) is 4.90 Å². The summed E-state index contributed by atoms with van der Waals surface area (Å²) in [5, 5.41) is 1.28. The summed E-state index contributed by atoms with van der Waals surface area (Å²) >= 11 is 12.3. The Kier molecular flexibility index (Phi) is 4.84. The van der Waals surface area contributed by atoms with Gasteiger partial charge in [-0.05, 0) is 53.9 Å². The highest BCUT2D eigenvalue weighted by atomic mass is 35.5. The van der Waals surface area contributed by atoms with Crippen molar-refractivity contribution in [1.82, 2.24) is 0 Å². The van der Waals surface area contributed by atoms with Gasteiger partial charge < -0.3 is 4.42 Å². The SMILES string of the molecule is CCc1ccc(C2c3c(oc4ccc(Cl)cc4c3=O)C(=O)N2c2cccc(Cl)c2)cc1. The van der Waals surface area contributed by atoms with Gasteiger partial charge in [-0.1, -0.05) is 60.5 Å². The van der Waals surface area contributed by atoms with Crippen LogP contribution in [0, 0.1) is 0 Å². The van der Waals surface area contributed by atoms with Crippen LogP contribution in [0.4, 0.5) is 5.69 Å². The zero-order chi connectivity index (χ0) is 21.7. The molecule has 2 heterocycles. The summed E-state index contributed by atoms with van der Waals surface area (Å²) in [6, 6.07) is 19.1. The van der Waals surface area contributed by atoms with Gasteiger partial charge in [0.2, 0.25) is 5.76 Å². The van der Waals surface area contributed by atoms with Crippen LogP contribution in [0.1, 0.15) is 40.2 Å².